The standard InChI is InChI=1S/C16H22N2O/c1-4-10-18(13(2)3)16(19)15(12-17)11-14-8-6-5-7-9-14/h5-9,13,15H,4,10-11H2,1-3H3. The summed E-state index contributed by atoms with van der Waals surface area (Å²) in [5.74, 6) is -0.639. The third-order valence-corrected chi connectivity index (χ3v) is 3.11. The summed E-state index contributed by atoms with van der Waals surface area (Å²) in [5.41, 5.74) is 1.03. The lowest BCUT2D eigenvalue weighted by molar-refractivity contribution is -0.135. The molecule has 102 valence electrons. The number of hydrogen-bond acceptors (Lipinski definition) is 2. The van der Waals surface area contributed by atoms with E-state index in [9.17, 15) is 10.1 Å². The first-order valence-electron chi connectivity index (χ1n) is 6.84. The van der Waals surface area contributed by atoms with Crippen LogP contribution in [0.1, 0.15) is 32.8 Å². The van der Waals surface area contributed by atoms with E-state index in [0.717, 1.165) is 12.0 Å². The molecule has 0 aliphatic heterocycles. The van der Waals surface area contributed by atoms with Crippen molar-refractivity contribution in [2.75, 3.05) is 6.54 Å². The third kappa shape index (κ3) is 4.40. The van der Waals surface area contributed by atoms with Crippen LogP contribution >= 0.6 is 0 Å². The molecule has 1 aromatic rings. The smallest absolute Gasteiger partial charge is 0.240 e. The molecule has 0 spiro atoms. The lowest BCUT2D eigenvalue weighted by Crippen LogP contribution is -2.41. The number of carbonyl (C=O) groups excluding carboxylic acids is 1. The monoisotopic (exact) mass is 258 g/mol. The van der Waals surface area contributed by atoms with Gasteiger partial charge in [-0.25, -0.2) is 0 Å². The van der Waals surface area contributed by atoms with Crippen molar-refractivity contribution in [2.45, 2.75) is 39.7 Å². The summed E-state index contributed by atoms with van der Waals surface area (Å²) in [4.78, 5) is 14.2. The molecule has 0 saturated carbocycles. The molecule has 3 heteroatoms. The minimum absolute atomic E-state index is 0.0526. The van der Waals surface area contributed by atoms with Gasteiger partial charge in [-0.05, 0) is 32.3 Å². The van der Waals surface area contributed by atoms with Gasteiger partial charge < -0.3 is 4.90 Å². The Morgan fingerprint density at radius 3 is 2.42 bits per heavy atom. The van der Waals surface area contributed by atoms with Gasteiger partial charge >= 0.3 is 0 Å². The van der Waals surface area contributed by atoms with Gasteiger partial charge in [-0.15, -0.1) is 0 Å². The van der Waals surface area contributed by atoms with E-state index in [1.165, 1.54) is 0 Å². The van der Waals surface area contributed by atoms with Crippen LogP contribution in [0, 0.1) is 17.2 Å². The van der Waals surface area contributed by atoms with Crippen LogP contribution in [0.4, 0.5) is 0 Å². The number of carbonyl (C=O) groups is 1. The molecule has 1 atom stereocenters. The molecule has 19 heavy (non-hydrogen) atoms. The zero-order valence-electron chi connectivity index (χ0n) is 12.0. The number of nitrogens with zero attached hydrogens (tertiary/aromatic N) is 2. The largest absolute Gasteiger partial charge is 0.339 e. The Morgan fingerprint density at radius 2 is 1.95 bits per heavy atom. The molecule has 0 aliphatic rings. The van der Waals surface area contributed by atoms with Crippen molar-refractivity contribution in [3.8, 4) is 6.07 Å². The highest BCUT2D eigenvalue weighted by molar-refractivity contribution is 5.81. The molecule has 0 heterocycles. The van der Waals surface area contributed by atoms with E-state index in [1.807, 2.05) is 51.1 Å². The summed E-state index contributed by atoms with van der Waals surface area (Å²) in [7, 11) is 0. The maximum Gasteiger partial charge on any atom is 0.240 e. The summed E-state index contributed by atoms with van der Waals surface area (Å²) >= 11 is 0. The van der Waals surface area contributed by atoms with Gasteiger partial charge in [-0.3, -0.25) is 4.79 Å². The molecular formula is C16H22N2O. The summed E-state index contributed by atoms with van der Waals surface area (Å²) < 4.78 is 0. The normalized spacial score (nSPS) is 11.9. The molecule has 0 bridgehead atoms. The molecular weight excluding hydrogens is 236 g/mol. The number of nitriles is 1. The molecule has 0 saturated heterocycles. The van der Waals surface area contributed by atoms with E-state index < -0.39 is 5.92 Å². The highest BCUT2D eigenvalue weighted by atomic mass is 16.2. The van der Waals surface area contributed by atoms with E-state index in [1.54, 1.807) is 4.90 Å². The minimum Gasteiger partial charge on any atom is -0.339 e. The predicted octanol–water partition coefficient (Wildman–Crippen LogP) is 3.02. The average molecular weight is 258 g/mol. The minimum atomic E-state index is -0.587. The van der Waals surface area contributed by atoms with Crippen molar-refractivity contribution < 1.29 is 4.79 Å². The highest BCUT2D eigenvalue weighted by Crippen LogP contribution is 2.13. The van der Waals surface area contributed by atoms with Gasteiger partial charge in [0, 0.05) is 12.6 Å². The fourth-order valence-electron chi connectivity index (χ4n) is 2.10. The second kappa shape index (κ2) is 7.58. The van der Waals surface area contributed by atoms with Crippen LogP contribution in [-0.4, -0.2) is 23.4 Å². The number of amides is 1. The fourth-order valence-corrected chi connectivity index (χ4v) is 2.10. The molecule has 1 aromatic carbocycles. The summed E-state index contributed by atoms with van der Waals surface area (Å²) in [6.45, 7) is 6.74. The van der Waals surface area contributed by atoms with Crippen LogP contribution in [0.25, 0.3) is 0 Å². The summed E-state index contributed by atoms with van der Waals surface area (Å²) in [6, 6.07) is 12.0. The lowest BCUT2D eigenvalue weighted by Gasteiger charge is -2.28. The van der Waals surface area contributed by atoms with Gasteiger partial charge in [0.15, 0.2) is 0 Å². The summed E-state index contributed by atoms with van der Waals surface area (Å²) in [5, 5.41) is 9.26. The van der Waals surface area contributed by atoms with E-state index in [-0.39, 0.29) is 11.9 Å². The summed E-state index contributed by atoms with van der Waals surface area (Å²) in [6.07, 6.45) is 1.40. The zero-order chi connectivity index (χ0) is 14.3. The topological polar surface area (TPSA) is 44.1 Å². The van der Waals surface area contributed by atoms with E-state index >= 15 is 0 Å². The third-order valence-electron chi connectivity index (χ3n) is 3.11. The van der Waals surface area contributed by atoms with E-state index in [2.05, 4.69) is 6.07 Å². The van der Waals surface area contributed by atoms with Crippen molar-refractivity contribution >= 4 is 5.91 Å². The molecule has 0 fully saturated rings. The van der Waals surface area contributed by atoms with Crippen LogP contribution in [0.3, 0.4) is 0 Å². The van der Waals surface area contributed by atoms with Crippen molar-refractivity contribution in [3.05, 3.63) is 35.9 Å². The van der Waals surface area contributed by atoms with Gasteiger partial charge in [0.2, 0.25) is 5.91 Å². The molecule has 0 radical (unpaired) electrons. The molecule has 1 rings (SSSR count). The second-order valence-electron chi connectivity index (χ2n) is 5.00. The Hall–Kier alpha value is -1.82. The van der Waals surface area contributed by atoms with Crippen LogP contribution in [0.2, 0.25) is 0 Å². The van der Waals surface area contributed by atoms with Gasteiger partial charge in [0.1, 0.15) is 5.92 Å². The van der Waals surface area contributed by atoms with E-state index in [4.69, 9.17) is 0 Å². The Kier molecular flexibility index (Phi) is 6.08. The van der Waals surface area contributed by atoms with Crippen LogP contribution in [0.5, 0.6) is 0 Å². The Labute approximate surface area is 115 Å². The zero-order valence-corrected chi connectivity index (χ0v) is 12.0. The van der Waals surface area contributed by atoms with Crippen LogP contribution in [-0.2, 0) is 11.2 Å². The molecule has 0 aromatic heterocycles. The molecule has 0 aliphatic carbocycles. The lowest BCUT2D eigenvalue weighted by atomic mass is 9.98. The fraction of sp³-hybridized carbons (Fsp3) is 0.500. The van der Waals surface area contributed by atoms with Crippen molar-refractivity contribution in [1.82, 2.24) is 4.90 Å². The highest BCUT2D eigenvalue weighted by Gasteiger charge is 2.25. The maximum atomic E-state index is 12.4. The van der Waals surface area contributed by atoms with Crippen molar-refractivity contribution in [3.63, 3.8) is 0 Å². The Bertz CT molecular complexity index is 434. The van der Waals surface area contributed by atoms with Gasteiger partial charge in [0.05, 0.1) is 6.07 Å². The number of rotatable bonds is 6. The number of benzene rings is 1. The van der Waals surface area contributed by atoms with Crippen molar-refractivity contribution in [1.29, 1.82) is 5.26 Å². The maximum absolute atomic E-state index is 12.4. The molecule has 0 N–H and O–H groups in total. The van der Waals surface area contributed by atoms with Crippen LogP contribution < -0.4 is 0 Å². The first kappa shape index (κ1) is 15.2. The predicted molar refractivity (Wildman–Crippen MR) is 76.4 cm³/mol. The van der Waals surface area contributed by atoms with E-state index in [0.29, 0.717) is 13.0 Å². The van der Waals surface area contributed by atoms with Gasteiger partial charge in [0.25, 0.3) is 0 Å². The molecule has 1 amide bonds. The number of hydrogen-bond donors (Lipinski definition) is 0. The molecule has 3 nitrogen and oxygen atoms in total. The second-order valence-corrected chi connectivity index (χ2v) is 5.00. The first-order valence-corrected chi connectivity index (χ1v) is 6.84. The van der Waals surface area contributed by atoms with Gasteiger partial charge in [-0.2, -0.15) is 5.26 Å². The van der Waals surface area contributed by atoms with Crippen LogP contribution in [0.15, 0.2) is 30.3 Å². The molecule has 1 unspecified atom stereocenters. The quantitative estimate of drug-likeness (QED) is 0.787. The average Bonchev–Trinajstić information content (AvgIpc) is 2.42. The van der Waals surface area contributed by atoms with Crippen molar-refractivity contribution in [2.24, 2.45) is 5.92 Å². The first-order chi connectivity index (χ1) is 9.10. The SMILES string of the molecule is CCCN(C(=O)C(C#N)Cc1ccccc1)C(C)C. The Balaban J connectivity index is 2.79. The Morgan fingerprint density at radius 1 is 1.32 bits per heavy atom. The van der Waals surface area contributed by atoms with Gasteiger partial charge in [-0.1, -0.05) is 37.3 Å².